The van der Waals surface area contributed by atoms with Crippen molar-refractivity contribution in [3.05, 3.63) is 65.7 Å². The van der Waals surface area contributed by atoms with Gasteiger partial charge in [0.1, 0.15) is 5.75 Å². The highest BCUT2D eigenvalue weighted by Crippen LogP contribution is 2.21. The lowest BCUT2D eigenvalue weighted by Crippen LogP contribution is -2.33. The van der Waals surface area contributed by atoms with Crippen LogP contribution in [0.15, 0.2) is 54.6 Å². The summed E-state index contributed by atoms with van der Waals surface area (Å²) in [5, 5.41) is 3.04. The van der Waals surface area contributed by atoms with Gasteiger partial charge in [-0.05, 0) is 42.2 Å². The largest absolute Gasteiger partial charge is 0.484 e. The van der Waals surface area contributed by atoms with Crippen LogP contribution in [0.2, 0.25) is 0 Å². The first-order chi connectivity index (χ1) is 12.5. The van der Waals surface area contributed by atoms with Crippen molar-refractivity contribution in [2.45, 2.75) is 26.3 Å². The number of carbonyl (C=O) groups is 2. The molecule has 0 saturated heterocycles. The molecule has 2 rings (SSSR count). The zero-order chi connectivity index (χ0) is 18.9. The molecule has 0 aliphatic rings. The maximum atomic E-state index is 12.3. The van der Waals surface area contributed by atoms with E-state index in [0.29, 0.717) is 17.2 Å². The van der Waals surface area contributed by atoms with Gasteiger partial charge in [0.15, 0.2) is 6.61 Å². The molecule has 0 unspecified atom stereocenters. The summed E-state index contributed by atoms with van der Waals surface area (Å²) in [6.45, 7) is 4.17. The minimum atomic E-state index is -0.409. The molecule has 5 nitrogen and oxygen atoms in total. The molecule has 2 aromatic rings. The Balaban J connectivity index is 1.92. The zero-order valence-corrected chi connectivity index (χ0v) is 15.4. The number of hydrogen-bond acceptors (Lipinski definition) is 4. The van der Waals surface area contributed by atoms with Gasteiger partial charge in [-0.15, -0.1) is 0 Å². The van der Waals surface area contributed by atoms with Gasteiger partial charge in [0.25, 0.3) is 5.91 Å². The van der Waals surface area contributed by atoms with Gasteiger partial charge in [0.2, 0.25) is 0 Å². The van der Waals surface area contributed by atoms with Gasteiger partial charge in [0, 0.05) is 0 Å². The molecule has 26 heavy (non-hydrogen) atoms. The molecular weight excluding hydrogens is 330 g/mol. The van der Waals surface area contributed by atoms with Crippen LogP contribution in [0.25, 0.3) is 0 Å². The molecule has 1 amide bonds. The molecule has 0 aromatic heterocycles. The highest BCUT2D eigenvalue weighted by molar-refractivity contribution is 5.89. The average Bonchev–Trinajstić information content (AvgIpc) is 2.66. The zero-order valence-electron chi connectivity index (χ0n) is 15.4. The molecule has 0 heterocycles. The van der Waals surface area contributed by atoms with Gasteiger partial charge in [0.05, 0.1) is 18.7 Å². The Morgan fingerprint density at radius 3 is 2.23 bits per heavy atom. The van der Waals surface area contributed by atoms with E-state index in [1.807, 2.05) is 30.3 Å². The fourth-order valence-corrected chi connectivity index (χ4v) is 2.63. The Labute approximate surface area is 154 Å². The maximum Gasteiger partial charge on any atom is 0.337 e. The fourth-order valence-electron chi connectivity index (χ4n) is 2.63. The van der Waals surface area contributed by atoms with E-state index in [1.165, 1.54) is 7.11 Å². The topological polar surface area (TPSA) is 64.6 Å². The predicted molar refractivity (Wildman–Crippen MR) is 100 cm³/mol. The Bertz CT molecular complexity index is 711. The SMILES string of the molecule is COC(=O)c1ccc(OCC(=O)N[C@@H](CC(C)C)c2ccccc2)cc1. The van der Waals surface area contributed by atoms with Crippen LogP contribution >= 0.6 is 0 Å². The molecule has 0 radical (unpaired) electrons. The summed E-state index contributed by atoms with van der Waals surface area (Å²) in [7, 11) is 1.33. The maximum absolute atomic E-state index is 12.3. The Morgan fingerprint density at radius 1 is 1.00 bits per heavy atom. The Kier molecular flexibility index (Phi) is 7.21. The summed E-state index contributed by atoms with van der Waals surface area (Å²) in [6, 6.07) is 16.4. The standard InChI is InChI=1S/C21H25NO4/c1-15(2)13-19(16-7-5-4-6-8-16)22-20(23)14-26-18-11-9-17(10-12-18)21(24)25-3/h4-12,15,19H,13-14H2,1-3H3,(H,22,23)/t19-/m0/s1. The van der Waals surface area contributed by atoms with Crippen LogP contribution in [0.4, 0.5) is 0 Å². The van der Waals surface area contributed by atoms with Gasteiger partial charge in [-0.3, -0.25) is 4.79 Å². The molecule has 1 atom stereocenters. The van der Waals surface area contributed by atoms with Crippen LogP contribution in [0.5, 0.6) is 5.75 Å². The average molecular weight is 355 g/mol. The van der Waals surface area contributed by atoms with Crippen molar-refractivity contribution in [2.24, 2.45) is 5.92 Å². The number of rotatable bonds is 8. The Morgan fingerprint density at radius 2 is 1.65 bits per heavy atom. The molecule has 0 aliphatic heterocycles. The van der Waals surface area contributed by atoms with Crippen molar-refractivity contribution in [1.29, 1.82) is 0 Å². The van der Waals surface area contributed by atoms with Crippen LogP contribution in [0, 0.1) is 5.92 Å². The minimum absolute atomic E-state index is 0.0472. The third-order valence-electron chi connectivity index (χ3n) is 3.89. The number of benzene rings is 2. The van der Waals surface area contributed by atoms with Crippen molar-refractivity contribution in [1.82, 2.24) is 5.32 Å². The molecule has 0 aliphatic carbocycles. The summed E-state index contributed by atoms with van der Waals surface area (Å²) in [6.07, 6.45) is 0.851. The minimum Gasteiger partial charge on any atom is -0.484 e. The molecule has 1 N–H and O–H groups in total. The molecule has 0 spiro atoms. The van der Waals surface area contributed by atoms with E-state index in [1.54, 1.807) is 24.3 Å². The van der Waals surface area contributed by atoms with Gasteiger partial charge in [-0.1, -0.05) is 44.2 Å². The van der Waals surface area contributed by atoms with Crippen molar-refractivity contribution in [3.8, 4) is 5.75 Å². The lowest BCUT2D eigenvalue weighted by atomic mass is 9.97. The third kappa shape index (κ3) is 5.92. The third-order valence-corrected chi connectivity index (χ3v) is 3.89. The number of esters is 1. The van der Waals surface area contributed by atoms with E-state index in [-0.39, 0.29) is 18.6 Å². The second kappa shape index (κ2) is 9.61. The van der Waals surface area contributed by atoms with Crippen LogP contribution in [0.1, 0.15) is 42.2 Å². The van der Waals surface area contributed by atoms with Crippen molar-refractivity contribution in [3.63, 3.8) is 0 Å². The first-order valence-electron chi connectivity index (χ1n) is 8.65. The van der Waals surface area contributed by atoms with E-state index in [2.05, 4.69) is 23.9 Å². The number of carbonyl (C=O) groups excluding carboxylic acids is 2. The summed E-state index contributed by atoms with van der Waals surface area (Å²) in [4.78, 5) is 23.7. The number of ether oxygens (including phenoxy) is 2. The molecule has 5 heteroatoms. The second-order valence-electron chi connectivity index (χ2n) is 6.46. The molecule has 2 aromatic carbocycles. The molecule has 138 valence electrons. The second-order valence-corrected chi connectivity index (χ2v) is 6.46. The molecule has 0 bridgehead atoms. The quantitative estimate of drug-likeness (QED) is 0.733. The van der Waals surface area contributed by atoms with E-state index in [4.69, 9.17) is 4.74 Å². The van der Waals surface area contributed by atoms with E-state index >= 15 is 0 Å². The smallest absolute Gasteiger partial charge is 0.337 e. The van der Waals surface area contributed by atoms with Gasteiger partial charge in [-0.25, -0.2) is 4.79 Å². The normalized spacial score (nSPS) is 11.7. The van der Waals surface area contributed by atoms with Crippen LogP contribution in [0.3, 0.4) is 0 Å². The van der Waals surface area contributed by atoms with Gasteiger partial charge < -0.3 is 14.8 Å². The van der Waals surface area contributed by atoms with Gasteiger partial charge >= 0.3 is 5.97 Å². The van der Waals surface area contributed by atoms with Crippen molar-refractivity contribution >= 4 is 11.9 Å². The Hall–Kier alpha value is -2.82. The summed E-state index contributed by atoms with van der Waals surface area (Å²) in [5.74, 6) is 0.380. The van der Waals surface area contributed by atoms with E-state index in [9.17, 15) is 9.59 Å². The van der Waals surface area contributed by atoms with Crippen molar-refractivity contribution < 1.29 is 19.1 Å². The van der Waals surface area contributed by atoms with Crippen LogP contribution < -0.4 is 10.1 Å². The van der Waals surface area contributed by atoms with E-state index in [0.717, 1.165) is 12.0 Å². The summed E-state index contributed by atoms with van der Waals surface area (Å²) in [5.41, 5.74) is 1.52. The molecule has 0 saturated carbocycles. The predicted octanol–water partition coefficient (Wildman–Crippen LogP) is 3.76. The summed E-state index contributed by atoms with van der Waals surface area (Å²) < 4.78 is 10.2. The number of methoxy groups -OCH3 is 1. The fraction of sp³-hybridized carbons (Fsp3) is 0.333. The van der Waals surface area contributed by atoms with Gasteiger partial charge in [-0.2, -0.15) is 0 Å². The highest BCUT2D eigenvalue weighted by Gasteiger charge is 2.16. The van der Waals surface area contributed by atoms with Crippen LogP contribution in [-0.4, -0.2) is 25.6 Å². The molecule has 0 fully saturated rings. The number of nitrogens with one attached hydrogen (secondary N) is 1. The lowest BCUT2D eigenvalue weighted by molar-refractivity contribution is -0.124. The molecular formula is C21H25NO4. The first kappa shape index (κ1) is 19.5. The monoisotopic (exact) mass is 355 g/mol. The van der Waals surface area contributed by atoms with Crippen LogP contribution in [-0.2, 0) is 9.53 Å². The number of amides is 1. The number of hydrogen-bond donors (Lipinski definition) is 1. The summed E-state index contributed by atoms with van der Waals surface area (Å²) >= 11 is 0. The van der Waals surface area contributed by atoms with E-state index < -0.39 is 5.97 Å². The lowest BCUT2D eigenvalue weighted by Gasteiger charge is -2.21. The van der Waals surface area contributed by atoms with Crippen molar-refractivity contribution in [2.75, 3.05) is 13.7 Å². The first-order valence-corrected chi connectivity index (χ1v) is 8.65. The highest BCUT2D eigenvalue weighted by atomic mass is 16.5.